The van der Waals surface area contributed by atoms with Crippen molar-refractivity contribution in [1.82, 2.24) is 15.5 Å². The zero-order chi connectivity index (χ0) is 12.3. The van der Waals surface area contributed by atoms with E-state index < -0.39 is 5.82 Å². The topological polar surface area (TPSA) is 51.0 Å². The third kappa shape index (κ3) is 2.62. The fourth-order valence-corrected chi connectivity index (χ4v) is 1.63. The Morgan fingerprint density at radius 3 is 2.94 bits per heavy atom. The van der Waals surface area contributed by atoms with E-state index in [-0.39, 0.29) is 16.5 Å². The molecule has 0 radical (unpaired) electrons. The molecule has 1 aromatic carbocycles. The summed E-state index contributed by atoms with van der Waals surface area (Å²) in [5.41, 5.74) is 0.150. The molecule has 0 aliphatic rings. The Morgan fingerprint density at radius 2 is 2.24 bits per heavy atom. The lowest BCUT2D eigenvalue weighted by Gasteiger charge is -1.99. The van der Waals surface area contributed by atoms with Crippen LogP contribution in [0.4, 0.5) is 4.39 Å². The highest BCUT2D eigenvalue weighted by Crippen LogP contribution is 2.29. The molecule has 0 bridgehead atoms. The van der Waals surface area contributed by atoms with Gasteiger partial charge in [0.2, 0.25) is 5.89 Å². The predicted octanol–water partition coefficient (Wildman–Crippen LogP) is 2.29. The van der Waals surface area contributed by atoms with E-state index in [0.29, 0.717) is 18.9 Å². The molecule has 2 aromatic rings. The molecule has 1 N–H and O–H groups in total. The van der Waals surface area contributed by atoms with E-state index in [4.69, 9.17) is 16.0 Å². The molecule has 4 nitrogen and oxygen atoms in total. The van der Waals surface area contributed by atoms with Crippen molar-refractivity contribution in [3.63, 3.8) is 0 Å². The van der Waals surface area contributed by atoms with Gasteiger partial charge in [-0.3, -0.25) is 0 Å². The maximum Gasteiger partial charge on any atom is 0.252 e. The minimum atomic E-state index is -0.471. The van der Waals surface area contributed by atoms with Crippen LogP contribution in [0.2, 0.25) is 5.02 Å². The van der Waals surface area contributed by atoms with Crippen LogP contribution in [-0.4, -0.2) is 23.8 Å². The van der Waals surface area contributed by atoms with Gasteiger partial charge < -0.3 is 9.73 Å². The fourth-order valence-electron chi connectivity index (χ4n) is 1.39. The lowest BCUT2D eigenvalue weighted by Crippen LogP contribution is -2.10. The third-order valence-corrected chi connectivity index (χ3v) is 2.55. The summed E-state index contributed by atoms with van der Waals surface area (Å²) < 4.78 is 18.9. The van der Waals surface area contributed by atoms with E-state index in [1.165, 1.54) is 12.1 Å². The van der Waals surface area contributed by atoms with Gasteiger partial charge in [0.15, 0.2) is 0 Å². The molecule has 0 fully saturated rings. The molecule has 1 heterocycles. The number of aromatic nitrogens is 2. The van der Waals surface area contributed by atoms with E-state index in [1.807, 2.05) is 7.05 Å². The van der Waals surface area contributed by atoms with Crippen LogP contribution in [0.1, 0.15) is 5.89 Å². The molecule has 0 amide bonds. The summed E-state index contributed by atoms with van der Waals surface area (Å²) in [5, 5.41) is 10.8. The Hall–Kier alpha value is -1.46. The highest BCUT2D eigenvalue weighted by molar-refractivity contribution is 6.33. The van der Waals surface area contributed by atoms with Gasteiger partial charge in [-0.25, -0.2) is 4.39 Å². The number of likely N-dealkylation sites (N-methyl/N-ethyl adjacent to an activating group) is 1. The lowest BCUT2D eigenvalue weighted by atomic mass is 10.2. The van der Waals surface area contributed by atoms with E-state index in [0.717, 1.165) is 0 Å². The van der Waals surface area contributed by atoms with E-state index in [2.05, 4.69) is 15.5 Å². The maximum absolute atomic E-state index is 13.6. The summed E-state index contributed by atoms with van der Waals surface area (Å²) >= 11 is 5.90. The molecule has 2 rings (SSSR count). The number of nitrogens with zero attached hydrogens (tertiary/aromatic N) is 2. The summed E-state index contributed by atoms with van der Waals surface area (Å²) in [6.45, 7) is 0.715. The minimum Gasteiger partial charge on any atom is -0.420 e. The highest BCUT2D eigenvalue weighted by Gasteiger charge is 2.16. The standard InChI is InChI=1S/C11H11ClFN3O/c1-14-6-5-9-15-16-11(17-9)10-7(12)3-2-4-8(10)13/h2-4,14H,5-6H2,1H3. The Bertz CT molecular complexity index is 495. The quantitative estimate of drug-likeness (QED) is 0.911. The molecular weight excluding hydrogens is 245 g/mol. The third-order valence-electron chi connectivity index (χ3n) is 2.23. The molecule has 0 saturated heterocycles. The SMILES string of the molecule is CNCCc1nnc(-c2c(F)cccc2Cl)o1. The van der Waals surface area contributed by atoms with Gasteiger partial charge in [0, 0.05) is 13.0 Å². The normalized spacial score (nSPS) is 10.8. The second kappa shape index (κ2) is 5.25. The summed E-state index contributed by atoms with van der Waals surface area (Å²) in [5.74, 6) is 0.0918. The zero-order valence-electron chi connectivity index (χ0n) is 9.20. The second-order valence-corrected chi connectivity index (χ2v) is 3.86. The molecule has 0 unspecified atom stereocenters. The van der Waals surface area contributed by atoms with Crippen LogP contribution < -0.4 is 5.32 Å². The van der Waals surface area contributed by atoms with Gasteiger partial charge in [-0.2, -0.15) is 0 Å². The van der Waals surface area contributed by atoms with Crippen LogP contribution in [0.25, 0.3) is 11.5 Å². The predicted molar refractivity (Wildman–Crippen MR) is 62.3 cm³/mol. The van der Waals surface area contributed by atoms with Crippen LogP contribution in [0, 0.1) is 5.82 Å². The molecule has 0 atom stereocenters. The van der Waals surface area contributed by atoms with E-state index in [1.54, 1.807) is 6.07 Å². The Labute approximate surface area is 103 Å². The van der Waals surface area contributed by atoms with Crippen molar-refractivity contribution in [1.29, 1.82) is 0 Å². The van der Waals surface area contributed by atoms with Gasteiger partial charge in [-0.1, -0.05) is 17.7 Å². The Balaban J connectivity index is 2.30. The Kier molecular flexibility index (Phi) is 3.71. The van der Waals surface area contributed by atoms with Crippen molar-refractivity contribution in [3.8, 4) is 11.5 Å². The summed E-state index contributed by atoms with van der Waals surface area (Å²) in [6, 6.07) is 4.41. The second-order valence-electron chi connectivity index (χ2n) is 3.45. The lowest BCUT2D eigenvalue weighted by molar-refractivity contribution is 0.496. The molecule has 0 aliphatic heterocycles. The molecular formula is C11H11ClFN3O. The van der Waals surface area contributed by atoms with Crippen LogP contribution in [-0.2, 0) is 6.42 Å². The first-order chi connectivity index (χ1) is 8.22. The smallest absolute Gasteiger partial charge is 0.252 e. The minimum absolute atomic E-state index is 0.110. The molecule has 1 aromatic heterocycles. The zero-order valence-corrected chi connectivity index (χ0v) is 9.96. The average Bonchev–Trinajstić information content (AvgIpc) is 2.75. The van der Waals surface area contributed by atoms with Crippen LogP contribution >= 0.6 is 11.6 Å². The van der Waals surface area contributed by atoms with E-state index >= 15 is 0 Å². The first kappa shape index (κ1) is 12.0. The van der Waals surface area contributed by atoms with Crippen molar-refractivity contribution >= 4 is 11.6 Å². The largest absolute Gasteiger partial charge is 0.420 e. The maximum atomic E-state index is 13.6. The number of halogens is 2. The summed E-state index contributed by atoms with van der Waals surface area (Å²) in [7, 11) is 1.82. The van der Waals surface area contributed by atoms with Gasteiger partial charge >= 0.3 is 0 Å². The highest BCUT2D eigenvalue weighted by atomic mass is 35.5. The fraction of sp³-hybridized carbons (Fsp3) is 0.273. The first-order valence-electron chi connectivity index (χ1n) is 5.13. The summed E-state index contributed by atoms with van der Waals surface area (Å²) in [6.07, 6.45) is 0.593. The first-order valence-corrected chi connectivity index (χ1v) is 5.51. The average molecular weight is 256 g/mol. The van der Waals surface area contributed by atoms with Gasteiger partial charge in [-0.15, -0.1) is 10.2 Å². The molecule has 90 valence electrons. The van der Waals surface area contributed by atoms with Crippen LogP contribution in [0.5, 0.6) is 0 Å². The number of benzene rings is 1. The molecule has 17 heavy (non-hydrogen) atoms. The van der Waals surface area contributed by atoms with Crippen molar-refractivity contribution in [2.45, 2.75) is 6.42 Å². The Morgan fingerprint density at radius 1 is 1.41 bits per heavy atom. The van der Waals surface area contributed by atoms with E-state index in [9.17, 15) is 4.39 Å². The van der Waals surface area contributed by atoms with Gasteiger partial charge in [0.25, 0.3) is 5.89 Å². The van der Waals surface area contributed by atoms with Crippen molar-refractivity contribution in [3.05, 3.63) is 34.9 Å². The molecule has 6 heteroatoms. The van der Waals surface area contributed by atoms with Crippen molar-refractivity contribution in [2.24, 2.45) is 0 Å². The molecule has 0 aliphatic carbocycles. The van der Waals surface area contributed by atoms with Gasteiger partial charge in [-0.05, 0) is 19.2 Å². The molecule has 0 spiro atoms. The van der Waals surface area contributed by atoms with Gasteiger partial charge in [0.1, 0.15) is 5.82 Å². The monoisotopic (exact) mass is 255 g/mol. The number of rotatable bonds is 4. The summed E-state index contributed by atoms with van der Waals surface area (Å²) in [4.78, 5) is 0. The van der Waals surface area contributed by atoms with Crippen LogP contribution in [0.3, 0.4) is 0 Å². The molecule has 0 saturated carbocycles. The number of hydrogen-bond donors (Lipinski definition) is 1. The number of nitrogens with one attached hydrogen (secondary N) is 1. The van der Waals surface area contributed by atoms with Crippen molar-refractivity contribution < 1.29 is 8.81 Å². The van der Waals surface area contributed by atoms with Crippen molar-refractivity contribution in [2.75, 3.05) is 13.6 Å². The number of hydrogen-bond acceptors (Lipinski definition) is 4. The van der Waals surface area contributed by atoms with Crippen LogP contribution in [0.15, 0.2) is 22.6 Å². The van der Waals surface area contributed by atoms with Gasteiger partial charge in [0.05, 0.1) is 10.6 Å².